The van der Waals surface area contributed by atoms with Crippen molar-refractivity contribution in [1.82, 2.24) is 5.32 Å². The minimum absolute atomic E-state index is 0.358. The van der Waals surface area contributed by atoms with Crippen LogP contribution in [-0.4, -0.2) is 20.2 Å². The summed E-state index contributed by atoms with van der Waals surface area (Å²) in [6.45, 7) is 6.70. The fraction of sp³-hybridized carbons (Fsp3) is 0.571. The van der Waals surface area contributed by atoms with E-state index < -0.39 is 0 Å². The molecule has 88 valence electrons. The maximum atomic E-state index is 5.28. The number of nitrogens with one attached hydrogen (secondary N) is 1. The number of hydrogen-bond donors (Lipinski definition) is 1. The highest BCUT2D eigenvalue weighted by Crippen LogP contribution is 2.53. The Labute approximate surface area is 98.0 Å². The van der Waals surface area contributed by atoms with Gasteiger partial charge in [-0.05, 0) is 48.5 Å². The van der Waals surface area contributed by atoms with Crippen LogP contribution >= 0.6 is 0 Å². The molecular weight excluding hydrogens is 198 g/mol. The average Bonchev–Trinajstić information content (AvgIpc) is 2.99. The first-order valence-corrected chi connectivity index (χ1v) is 6.06. The second kappa shape index (κ2) is 4.46. The number of hydrogen-bond acceptors (Lipinski definition) is 2. The molecule has 16 heavy (non-hydrogen) atoms. The van der Waals surface area contributed by atoms with E-state index in [1.807, 2.05) is 6.07 Å². The Bertz CT molecular complexity index is 364. The largest absolute Gasteiger partial charge is 0.497 e. The molecule has 1 fully saturated rings. The maximum absolute atomic E-state index is 5.28. The van der Waals surface area contributed by atoms with E-state index in [1.54, 1.807) is 7.11 Å². The molecule has 0 bridgehead atoms. The van der Waals surface area contributed by atoms with Crippen molar-refractivity contribution in [2.75, 3.05) is 20.2 Å². The van der Waals surface area contributed by atoms with E-state index in [1.165, 1.54) is 12.0 Å². The van der Waals surface area contributed by atoms with Gasteiger partial charge in [-0.2, -0.15) is 0 Å². The molecule has 1 aliphatic rings. The minimum Gasteiger partial charge on any atom is -0.497 e. The molecule has 0 radical (unpaired) electrons. The first-order valence-electron chi connectivity index (χ1n) is 6.06. The van der Waals surface area contributed by atoms with Crippen molar-refractivity contribution in [3.05, 3.63) is 29.8 Å². The third kappa shape index (κ3) is 2.07. The second-order valence-electron chi connectivity index (χ2n) is 4.86. The summed E-state index contributed by atoms with van der Waals surface area (Å²) < 4.78 is 5.28. The van der Waals surface area contributed by atoms with Gasteiger partial charge >= 0.3 is 0 Å². The quantitative estimate of drug-likeness (QED) is 0.822. The normalized spacial score (nSPS) is 27.8. The molecule has 2 atom stereocenters. The summed E-state index contributed by atoms with van der Waals surface area (Å²) >= 11 is 0. The number of benzene rings is 1. The molecule has 1 aromatic rings. The first-order chi connectivity index (χ1) is 7.70. The smallest absolute Gasteiger partial charge is 0.119 e. The third-order valence-electron chi connectivity index (χ3n) is 3.78. The fourth-order valence-corrected chi connectivity index (χ4v) is 2.40. The van der Waals surface area contributed by atoms with Crippen LogP contribution in [0.4, 0.5) is 0 Å². The SMILES string of the molecule is CCNCC1CC1(C)c1cccc(OC)c1. The molecule has 1 aromatic carbocycles. The lowest BCUT2D eigenvalue weighted by molar-refractivity contribution is 0.413. The Kier molecular flexibility index (Phi) is 3.20. The van der Waals surface area contributed by atoms with Gasteiger partial charge in [-0.3, -0.25) is 0 Å². The van der Waals surface area contributed by atoms with Gasteiger partial charge < -0.3 is 10.1 Å². The van der Waals surface area contributed by atoms with Crippen molar-refractivity contribution in [3.8, 4) is 5.75 Å². The monoisotopic (exact) mass is 219 g/mol. The lowest BCUT2D eigenvalue weighted by atomic mass is 9.95. The van der Waals surface area contributed by atoms with Crippen molar-refractivity contribution >= 4 is 0 Å². The molecule has 2 rings (SSSR count). The van der Waals surface area contributed by atoms with Gasteiger partial charge in [-0.1, -0.05) is 26.0 Å². The molecule has 0 amide bonds. The van der Waals surface area contributed by atoms with Crippen molar-refractivity contribution in [2.24, 2.45) is 5.92 Å². The lowest BCUT2D eigenvalue weighted by Crippen LogP contribution is -2.19. The summed E-state index contributed by atoms with van der Waals surface area (Å²) in [5.74, 6) is 1.74. The molecule has 0 heterocycles. The van der Waals surface area contributed by atoms with E-state index in [2.05, 4.69) is 37.4 Å². The van der Waals surface area contributed by atoms with E-state index in [9.17, 15) is 0 Å². The van der Waals surface area contributed by atoms with Crippen LogP contribution in [0.15, 0.2) is 24.3 Å². The van der Waals surface area contributed by atoms with E-state index in [0.717, 1.165) is 24.8 Å². The van der Waals surface area contributed by atoms with Gasteiger partial charge in [-0.25, -0.2) is 0 Å². The average molecular weight is 219 g/mol. The van der Waals surface area contributed by atoms with Crippen molar-refractivity contribution < 1.29 is 4.74 Å². The molecule has 1 N–H and O–H groups in total. The highest BCUT2D eigenvalue weighted by atomic mass is 16.5. The zero-order valence-electron chi connectivity index (χ0n) is 10.4. The molecule has 1 aliphatic carbocycles. The van der Waals surface area contributed by atoms with Crippen LogP contribution in [0.5, 0.6) is 5.75 Å². The summed E-state index contributed by atoms with van der Waals surface area (Å²) in [5, 5.41) is 3.43. The molecule has 2 heteroatoms. The minimum atomic E-state index is 0.358. The maximum Gasteiger partial charge on any atom is 0.119 e. The molecule has 0 spiro atoms. The van der Waals surface area contributed by atoms with Gasteiger partial charge in [0.25, 0.3) is 0 Å². The number of rotatable bonds is 5. The molecular formula is C14H21NO. The zero-order chi connectivity index (χ0) is 11.6. The van der Waals surface area contributed by atoms with Crippen molar-refractivity contribution in [3.63, 3.8) is 0 Å². The van der Waals surface area contributed by atoms with Gasteiger partial charge in [0.2, 0.25) is 0 Å². The van der Waals surface area contributed by atoms with Crippen LogP contribution in [0.2, 0.25) is 0 Å². The first kappa shape index (κ1) is 11.5. The lowest BCUT2D eigenvalue weighted by Gasteiger charge is -2.13. The Hall–Kier alpha value is -1.02. The molecule has 1 saturated carbocycles. The molecule has 0 aliphatic heterocycles. The van der Waals surface area contributed by atoms with Crippen LogP contribution in [0, 0.1) is 5.92 Å². The van der Waals surface area contributed by atoms with E-state index >= 15 is 0 Å². The van der Waals surface area contributed by atoms with E-state index in [0.29, 0.717) is 5.41 Å². The number of ether oxygens (including phenoxy) is 1. The van der Waals surface area contributed by atoms with Gasteiger partial charge in [0.05, 0.1) is 7.11 Å². The summed E-state index contributed by atoms with van der Waals surface area (Å²) in [6.07, 6.45) is 1.28. The van der Waals surface area contributed by atoms with Crippen LogP contribution < -0.4 is 10.1 Å². The predicted molar refractivity (Wildman–Crippen MR) is 67.0 cm³/mol. The Morgan fingerprint density at radius 2 is 2.31 bits per heavy atom. The summed E-state index contributed by atoms with van der Waals surface area (Å²) in [4.78, 5) is 0. The number of methoxy groups -OCH3 is 1. The highest BCUT2D eigenvalue weighted by molar-refractivity contribution is 5.38. The summed E-state index contributed by atoms with van der Waals surface area (Å²) in [7, 11) is 1.73. The van der Waals surface area contributed by atoms with Crippen LogP contribution in [-0.2, 0) is 5.41 Å². The molecule has 0 aromatic heterocycles. The fourth-order valence-electron chi connectivity index (χ4n) is 2.40. The highest BCUT2D eigenvalue weighted by Gasteiger charge is 2.50. The predicted octanol–water partition coefficient (Wildman–Crippen LogP) is 2.58. The Morgan fingerprint density at radius 3 is 3.00 bits per heavy atom. The molecule has 0 saturated heterocycles. The Balaban J connectivity index is 2.07. The van der Waals surface area contributed by atoms with E-state index in [4.69, 9.17) is 4.74 Å². The standard InChI is InChI=1S/C14H21NO/c1-4-15-10-12-9-14(12,2)11-6-5-7-13(8-11)16-3/h5-8,12,15H,4,9-10H2,1-3H3. The van der Waals surface area contributed by atoms with Crippen LogP contribution in [0.1, 0.15) is 25.8 Å². The van der Waals surface area contributed by atoms with Gasteiger partial charge in [0, 0.05) is 0 Å². The Morgan fingerprint density at radius 1 is 1.50 bits per heavy atom. The molecule has 2 nitrogen and oxygen atoms in total. The van der Waals surface area contributed by atoms with Crippen molar-refractivity contribution in [1.29, 1.82) is 0 Å². The third-order valence-corrected chi connectivity index (χ3v) is 3.78. The zero-order valence-corrected chi connectivity index (χ0v) is 10.4. The topological polar surface area (TPSA) is 21.3 Å². The summed E-state index contributed by atoms with van der Waals surface area (Å²) in [5.41, 5.74) is 1.77. The molecule has 2 unspecified atom stereocenters. The van der Waals surface area contributed by atoms with Crippen LogP contribution in [0.25, 0.3) is 0 Å². The van der Waals surface area contributed by atoms with Crippen molar-refractivity contribution in [2.45, 2.75) is 25.7 Å². The second-order valence-corrected chi connectivity index (χ2v) is 4.86. The van der Waals surface area contributed by atoms with Gasteiger partial charge in [-0.15, -0.1) is 0 Å². The summed E-state index contributed by atoms with van der Waals surface area (Å²) in [6, 6.07) is 8.48. The van der Waals surface area contributed by atoms with Gasteiger partial charge in [0.15, 0.2) is 0 Å². The van der Waals surface area contributed by atoms with Gasteiger partial charge in [0.1, 0.15) is 5.75 Å². The van der Waals surface area contributed by atoms with Crippen LogP contribution in [0.3, 0.4) is 0 Å². The van der Waals surface area contributed by atoms with E-state index in [-0.39, 0.29) is 0 Å².